The first-order chi connectivity index (χ1) is 31.6. The summed E-state index contributed by atoms with van der Waals surface area (Å²) in [6.45, 7) is 7.68. The molecule has 0 radical (unpaired) electrons. The largest absolute Gasteiger partial charge is 0.462 e. The first kappa shape index (κ1) is 61.6. The van der Waals surface area contributed by atoms with Crippen molar-refractivity contribution in [2.75, 3.05) is 19.8 Å². The molecule has 0 saturated carbocycles. The molecule has 0 aliphatic rings. The Morgan fingerprint density at radius 1 is 0.359 bits per heavy atom. The number of hydrogen-bond acceptors (Lipinski definition) is 5. The highest BCUT2D eigenvalue weighted by Gasteiger charge is 2.17. The molecule has 0 rings (SSSR count). The smallest absolute Gasteiger partial charge is 0.306 e. The van der Waals surface area contributed by atoms with Crippen LogP contribution in [0, 0.1) is 0 Å². The van der Waals surface area contributed by atoms with Gasteiger partial charge in [-0.3, -0.25) is 9.59 Å². The molecule has 0 fully saturated rings. The number of unbranched alkanes of at least 4 members (excludes halogenated alkanes) is 30. The number of allylic oxidation sites excluding steroid dienone is 10. The number of hydrogen-bond donors (Lipinski definition) is 0. The van der Waals surface area contributed by atoms with E-state index in [1.165, 1.54) is 173 Å². The minimum atomic E-state index is -0.548. The van der Waals surface area contributed by atoms with E-state index in [0.29, 0.717) is 19.4 Å². The summed E-state index contributed by atoms with van der Waals surface area (Å²) >= 11 is 0. The predicted octanol–water partition coefficient (Wildman–Crippen LogP) is 18.9. The second-order valence-corrected chi connectivity index (χ2v) is 18.5. The lowest BCUT2D eigenvalue weighted by Gasteiger charge is -2.18. The topological polar surface area (TPSA) is 61.8 Å². The second kappa shape index (κ2) is 54.9. The van der Waals surface area contributed by atoms with E-state index in [2.05, 4.69) is 81.5 Å². The SMILES string of the molecule is CC/C=C\C/C=C\C/C=C\CCCCCCOCC(COC(=O)CCCCCCCCCCC/C=C\C/C=C\CCCCC)OC(=O)CCCCCCCCCCCCCCCCC. The lowest BCUT2D eigenvalue weighted by molar-refractivity contribution is -0.163. The van der Waals surface area contributed by atoms with E-state index >= 15 is 0 Å². The van der Waals surface area contributed by atoms with Crippen LogP contribution in [-0.4, -0.2) is 37.9 Å². The first-order valence-electron chi connectivity index (χ1n) is 27.8. The van der Waals surface area contributed by atoms with E-state index in [9.17, 15) is 9.59 Å². The minimum absolute atomic E-state index is 0.0758. The van der Waals surface area contributed by atoms with Crippen molar-refractivity contribution in [3.8, 4) is 0 Å². The van der Waals surface area contributed by atoms with Crippen LogP contribution in [0.4, 0.5) is 0 Å². The van der Waals surface area contributed by atoms with Crippen molar-refractivity contribution in [2.24, 2.45) is 0 Å². The number of esters is 2. The van der Waals surface area contributed by atoms with Gasteiger partial charge in [0.2, 0.25) is 0 Å². The van der Waals surface area contributed by atoms with E-state index in [1.54, 1.807) is 0 Å². The van der Waals surface area contributed by atoms with Crippen LogP contribution in [0.2, 0.25) is 0 Å². The third-order valence-corrected chi connectivity index (χ3v) is 12.0. The van der Waals surface area contributed by atoms with Crippen molar-refractivity contribution in [1.82, 2.24) is 0 Å². The molecule has 0 aliphatic carbocycles. The molecule has 0 aromatic rings. The Labute approximate surface area is 398 Å². The third kappa shape index (κ3) is 52.2. The summed E-state index contributed by atoms with van der Waals surface area (Å²) in [5, 5.41) is 0. The standard InChI is InChI=1S/C59H106O5/c1-4-7-10-13-16-19-22-25-28-29-30-31-33-34-37-40-43-46-49-52-58(60)63-56-57(55-62-54-51-48-45-42-39-36-27-24-21-18-15-12-9-6-3)64-59(61)53-50-47-44-41-38-35-32-26-23-20-17-14-11-8-5-2/h9,12,16,18-19,21,25,27-28,36,57H,4-8,10-11,13-15,17,20,22-24,26,29-35,37-56H2,1-3H3/b12-9-,19-16-,21-18-,28-25-,36-27-. The second-order valence-electron chi connectivity index (χ2n) is 18.5. The summed E-state index contributed by atoms with van der Waals surface area (Å²) in [5.74, 6) is -0.403. The molecule has 1 atom stereocenters. The van der Waals surface area contributed by atoms with E-state index in [-0.39, 0.29) is 25.2 Å². The van der Waals surface area contributed by atoms with Crippen molar-refractivity contribution in [1.29, 1.82) is 0 Å². The van der Waals surface area contributed by atoms with Crippen LogP contribution in [0.3, 0.4) is 0 Å². The highest BCUT2D eigenvalue weighted by Crippen LogP contribution is 2.16. The minimum Gasteiger partial charge on any atom is -0.462 e. The van der Waals surface area contributed by atoms with E-state index in [1.807, 2.05) is 0 Å². The maximum Gasteiger partial charge on any atom is 0.306 e. The van der Waals surface area contributed by atoms with Gasteiger partial charge in [-0.25, -0.2) is 0 Å². The Morgan fingerprint density at radius 2 is 0.703 bits per heavy atom. The molecule has 0 aromatic heterocycles. The monoisotopic (exact) mass is 895 g/mol. The fourth-order valence-corrected chi connectivity index (χ4v) is 7.91. The summed E-state index contributed by atoms with van der Waals surface area (Å²) in [6.07, 6.45) is 69.5. The Morgan fingerprint density at radius 3 is 1.16 bits per heavy atom. The van der Waals surface area contributed by atoms with Gasteiger partial charge in [-0.05, 0) is 83.5 Å². The lowest BCUT2D eigenvalue weighted by atomic mass is 10.0. The summed E-state index contributed by atoms with van der Waals surface area (Å²) in [5.41, 5.74) is 0. The Hall–Kier alpha value is -2.40. The van der Waals surface area contributed by atoms with Gasteiger partial charge < -0.3 is 14.2 Å². The molecule has 0 aromatic carbocycles. The molecule has 0 aliphatic heterocycles. The van der Waals surface area contributed by atoms with Crippen LogP contribution in [-0.2, 0) is 23.8 Å². The van der Waals surface area contributed by atoms with Gasteiger partial charge >= 0.3 is 11.9 Å². The molecular formula is C59H106O5. The molecule has 0 bridgehead atoms. The van der Waals surface area contributed by atoms with Crippen LogP contribution in [0.1, 0.15) is 278 Å². The molecule has 0 heterocycles. The van der Waals surface area contributed by atoms with Gasteiger partial charge in [0.1, 0.15) is 6.61 Å². The van der Waals surface area contributed by atoms with Crippen molar-refractivity contribution in [3.63, 3.8) is 0 Å². The molecule has 0 amide bonds. The van der Waals surface area contributed by atoms with Crippen LogP contribution < -0.4 is 0 Å². The molecular weight excluding hydrogens is 789 g/mol. The number of ether oxygens (including phenoxy) is 3. The van der Waals surface area contributed by atoms with Crippen molar-refractivity contribution in [2.45, 2.75) is 284 Å². The molecule has 0 spiro atoms. The lowest BCUT2D eigenvalue weighted by Crippen LogP contribution is -2.30. The van der Waals surface area contributed by atoms with Crippen molar-refractivity contribution in [3.05, 3.63) is 60.8 Å². The molecule has 0 saturated heterocycles. The number of rotatable bonds is 51. The maximum absolute atomic E-state index is 12.8. The quantitative estimate of drug-likeness (QED) is 0.0346. The Balaban J connectivity index is 4.26. The van der Waals surface area contributed by atoms with Gasteiger partial charge in [-0.15, -0.1) is 0 Å². The van der Waals surface area contributed by atoms with Crippen LogP contribution in [0.15, 0.2) is 60.8 Å². The van der Waals surface area contributed by atoms with Gasteiger partial charge in [0.05, 0.1) is 6.61 Å². The summed E-state index contributed by atoms with van der Waals surface area (Å²) in [7, 11) is 0. The molecule has 5 nitrogen and oxygen atoms in total. The van der Waals surface area contributed by atoms with Crippen molar-refractivity contribution < 1.29 is 23.8 Å². The Kier molecular flexibility index (Phi) is 52.9. The molecule has 1 unspecified atom stereocenters. The van der Waals surface area contributed by atoms with E-state index in [4.69, 9.17) is 14.2 Å². The average Bonchev–Trinajstić information content (AvgIpc) is 3.30. The molecule has 5 heteroatoms. The van der Waals surface area contributed by atoms with Gasteiger partial charge in [0.25, 0.3) is 0 Å². The fourth-order valence-electron chi connectivity index (χ4n) is 7.91. The summed E-state index contributed by atoms with van der Waals surface area (Å²) < 4.78 is 17.4. The van der Waals surface area contributed by atoms with Crippen LogP contribution >= 0.6 is 0 Å². The van der Waals surface area contributed by atoms with Crippen LogP contribution in [0.25, 0.3) is 0 Å². The zero-order valence-corrected chi connectivity index (χ0v) is 42.8. The van der Waals surface area contributed by atoms with E-state index in [0.717, 1.165) is 70.6 Å². The Bertz CT molecular complexity index is 1100. The maximum atomic E-state index is 12.8. The normalized spacial score (nSPS) is 12.6. The first-order valence-corrected chi connectivity index (χ1v) is 27.8. The summed E-state index contributed by atoms with van der Waals surface area (Å²) in [4.78, 5) is 25.5. The van der Waals surface area contributed by atoms with Crippen LogP contribution in [0.5, 0.6) is 0 Å². The molecule has 0 N–H and O–H groups in total. The van der Waals surface area contributed by atoms with Gasteiger partial charge in [-0.2, -0.15) is 0 Å². The van der Waals surface area contributed by atoms with Gasteiger partial charge in [0.15, 0.2) is 6.10 Å². The average molecular weight is 895 g/mol. The van der Waals surface area contributed by atoms with Gasteiger partial charge in [-0.1, -0.05) is 242 Å². The molecule has 372 valence electrons. The molecule has 64 heavy (non-hydrogen) atoms. The van der Waals surface area contributed by atoms with Crippen molar-refractivity contribution >= 4 is 11.9 Å². The van der Waals surface area contributed by atoms with Gasteiger partial charge in [0, 0.05) is 19.4 Å². The highest BCUT2D eigenvalue weighted by molar-refractivity contribution is 5.70. The summed E-state index contributed by atoms with van der Waals surface area (Å²) in [6, 6.07) is 0. The number of carbonyl (C=O) groups is 2. The zero-order chi connectivity index (χ0) is 46.3. The zero-order valence-electron chi connectivity index (χ0n) is 42.8. The number of carbonyl (C=O) groups excluding carboxylic acids is 2. The highest BCUT2D eigenvalue weighted by atomic mass is 16.6. The van der Waals surface area contributed by atoms with E-state index < -0.39 is 6.10 Å². The fraction of sp³-hybridized carbons (Fsp3) is 0.797. The third-order valence-electron chi connectivity index (χ3n) is 12.0. The predicted molar refractivity (Wildman–Crippen MR) is 279 cm³/mol.